The Labute approximate surface area is 87.0 Å². The molecule has 0 aliphatic rings. The Hall–Kier alpha value is -2.10. The molecule has 0 saturated heterocycles. The fourth-order valence-electron chi connectivity index (χ4n) is 1.28. The molecule has 1 amide bonds. The topological polar surface area (TPSA) is 80.4 Å². The molecule has 0 atom stereocenters. The number of rotatable bonds is 3. The number of amides is 1. The van der Waals surface area contributed by atoms with Crippen molar-refractivity contribution in [1.29, 1.82) is 0 Å². The van der Waals surface area contributed by atoms with E-state index < -0.39 is 11.9 Å². The van der Waals surface area contributed by atoms with Crippen molar-refractivity contribution < 1.29 is 14.7 Å². The van der Waals surface area contributed by atoms with Crippen LogP contribution < -0.4 is 5.73 Å². The van der Waals surface area contributed by atoms with Gasteiger partial charge in [-0.25, -0.2) is 4.79 Å². The van der Waals surface area contributed by atoms with Gasteiger partial charge in [0.25, 0.3) is 0 Å². The number of carbonyl (C=O) groups is 2. The third-order valence-electron chi connectivity index (χ3n) is 1.97. The number of carboxylic acid groups (broad SMARTS) is 1. The Balaban J connectivity index is 3.29. The molecule has 0 bridgehead atoms. The van der Waals surface area contributed by atoms with Gasteiger partial charge in [0.1, 0.15) is 0 Å². The van der Waals surface area contributed by atoms with Crippen LogP contribution in [-0.4, -0.2) is 17.0 Å². The van der Waals surface area contributed by atoms with Crippen LogP contribution in [0.3, 0.4) is 0 Å². The van der Waals surface area contributed by atoms with Gasteiger partial charge in [0.15, 0.2) is 0 Å². The second-order valence-corrected chi connectivity index (χ2v) is 3.08. The zero-order valence-corrected chi connectivity index (χ0v) is 8.23. The fraction of sp³-hybridized carbons (Fsp3) is 0.0909. The molecule has 15 heavy (non-hydrogen) atoms. The van der Waals surface area contributed by atoms with Gasteiger partial charge >= 0.3 is 5.97 Å². The molecule has 3 N–H and O–H groups in total. The minimum atomic E-state index is -1.19. The van der Waals surface area contributed by atoms with Crippen LogP contribution in [0.15, 0.2) is 30.3 Å². The van der Waals surface area contributed by atoms with Gasteiger partial charge in [-0.1, -0.05) is 24.3 Å². The van der Waals surface area contributed by atoms with Crippen molar-refractivity contribution in [2.75, 3.05) is 0 Å². The van der Waals surface area contributed by atoms with Gasteiger partial charge in [0.05, 0.1) is 5.57 Å². The number of hydrogen-bond acceptors (Lipinski definition) is 2. The van der Waals surface area contributed by atoms with E-state index in [1.807, 2.05) is 0 Å². The Morgan fingerprint density at radius 3 is 2.40 bits per heavy atom. The van der Waals surface area contributed by atoms with E-state index in [-0.39, 0.29) is 5.57 Å². The highest BCUT2D eigenvalue weighted by Gasteiger charge is 2.11. The van der Waals surface area contributed by atoms with Gasteiger partial charge in [-0.3, -0.25) is 4.79 Å². The minimum absolute atomic E-state index is 0.0144. The molecule has 4 nitrogen and oxygen atoms in total. The van der Waals surface area contributed by atoms with Crippen molar-refractivity contribution in [3.05, 3.63) is 41.5 Å². The molecule has 4 heteroatoms. The molecule has 0 heterocycles. The van der Waals surface area contributed by atoms with E-state index in [0.717, 1.165) is 11.6 Å². The van der Waals surface area contributed by atoms with Crippen molar-refractivity contribution in [2.24, 2.45) is 5.73 Å². The van der Waals surface area contributed by atoms with E-state index >= 15 is 0 Å². The molecule has 0 fully saturated rings. The number of hydrogen-bond donors (Lipinski definition) is 2. The molecule has 1 rings (SSSR count). The molecular formula is C11H11NO3. The van der Waals surface area contributed by atoms with Gasteiger partial charge < -0.3 is 10.8 Å². The van der Waals surface area contributed by atoms with Crippen LogP contribution in [0.4, 0.5) is 0 Å². The Morgan fingerprint density at radius 1 is 1.33 bits per heavy atom. The second kappa shape index (κ2) is 4.41. The van der Waals surface area contributed by atoms with Crippen LogP contribution in [-0.2, 0) is 9.59 Å². The first-order valence-corrected chi connectivity index (χ1v) is 4.33. The fourth-order valence-corrected chi connectivity index (χ4v) is 1.28. The first-order chi connectivity index (χ1) is 7.02. The zero-order valence-electron chi connectivity index (χ0n) is 8.23. The predicted octanol–water partition coefficient (Wildman–Crippen LogP) is 0.948. The maximum absolute atomic E-state index is 11.1. The van der Waals surface area contributed by atoms with Gasteiger partial charge in [-0.05, 0) is 18.1 Å². The van der Waals surface area contributed by atoms with Crippen molar-refractivity contribution in [2.45, 2.75) is 6.92 Å². The van der Waals surface area contributed by atoms with E-state index in [1.54, 1.807) is 31.2 Å². The van der Waals surface area contributed by atoms with Gasteiger partial charge in [0.2, 0.25) is 5.91 Å². The quantitative estimate of drug-likeness (QED) is 0.721. The van der Waals surface area contributed by atoms with E-state index in [1.165, 1.54) is 0 Å². The predicted molar refractivity (Wildman–Crippen MR) is 56.0 cm³/mol. The summed E-state index contributed by atoms with van der Waals surface area (Å²) in [4.78, 5) is 21.6. The highest BCUT2D eigenvalue weighted by Crippen LogP contribution is 2.17. The van der Waals surface area contributed by atoms with Crippen LogP contribution in [0.1, 0.15) is 11.1 Å². The number of nitrogens with two attached hydrogens (primary N) is 1. The molecular weight excluding hydrogens is 194 g/mol. The number of carbonyl (C=O) groups excluding carboxylic acids is 1. The highest BCUT2D eigenvalue weighted by molar-refractivity contribution is 6.22. The third-order valence-corrected chi connectivity index (χ3v) is 1.97. The molecule has 0 aliphatic heterocycles. The number of aliphatic carboxylic acids is 1. The van der Waals surface area contributed by atoms with E-state index in [0.29, 0.717) is 5.56 Å². The summed E-state index contributed by atoms with van der Waals surface area (Å²) in [6.45, 7) is 1.79. The lowest BCUT2D eigenvalue weighted by Gasteiger charge is -2.05. The largest absolute Gasteiger partial charge is 0.478 e. The SMILES string of the molecule is Cc1ccccc1/C(=C/C(=O)O)C(N)=O. The Morgan fingerprint density at radius 2 is 1.93 bits per heavy atom. The van der Waals surface area contributed by atoms with E-state index in [9.17, 15) is 9.59 Å². The molecule has 0 aromatic heterocycles. The smallest absolute Gasteiger partial charge is 0.329 e. The normalized spacial score (nSPS) is 11.1. The van der Waals surface area contributed by atoms with Gasteiger partial charge in [0, 0.05) is 6.08 Å². The number of primary amides is 1. The lowest BCUT2D eigenvalue weighted by atomic mass is 10.00. The summed E-state index contributed by atoms with van der Waals surface area (Å²) in [5.41, 5.74) is 6.49. The second-order valence-electron chi connectivity index (χ2n) is 3.08. The maximum atomic E-state index is 11.1. The van der Waals surface area contributed by atoms with Crippen LogP contribution in [0.2, 0.25) is 0 Å². The molecule has 1 aromatic rings. The third kappa shape index (κ3) is 2.67. The van der Waals surface area contributed by atoms with Crippen LogP contribution in [0.5, 0.6) is 0 Å². The zero-order chi connectivity index (χ0) is 11.4. The van der Waals surface area contributed by atoms with Crippen molar-refractivity contribution in [3.8, 4) is 0 Å². The first-order valence-electron chi connectivity index (χ1n) is 4.33. The van der Waals surface area contributed by atoms with E-state index in [2.05, 4.69) is 0 Å². The average Bonchev–Trinajstić information content (AvgIpc) is 2.15. The van der Waals surface area contributed by atoms with Crippen molar-refractivity contribution in [3.63, 3.8) is 0 Å². The molecule has 0 unspecified atom stereocenters. The van der Waals surface area contributed by atoms with E-state index in [4.69, 9.17) is 10.8 Å². The lowest BCUT2D eigenvalue weighted by molar-refractivity contribution is -0.131. The van der Waals surface area contributed by atoms with Crippen LogP contribution >= 0.6 is 0 Å². The number of benzene rings is 1. The highest BCUT2D eigenvalue weighted by atomic mass is 16.4. The maximum Gasteiger partial charge on any atom is 0.329 e. The van der Waals surface area contributed by atoms with Gasteiger partial charge in [-0.2, -0.15) is 0 Å². The Bertz CT molecular complexity index is 435. The molecule has 1 aromatic carbocycles. The standard InChI is InChI=1S/C11H11NO3/c1-7-4-2-3-5-8(7)9(11(12)15)6-10(13)14/h2-6H,1H3,(H2,12,15)(H,13,14)/b9-6-. The molecule has 0 saturated carbocycles. The van der Waals surface area contributed by atoms with Crippen molar-refractivity contribution >= 4 is 17.4 Å². The van der Waals surface area contributed by atoms with Crippen molar-refractivity contribution in [1.82, 2.24) is 0 Å². The molecule has 78 valence electrons. The summed E-state index contributed by atoms with van der Waals surface area (Å²) < 4.78 is 0. The van der Waals surface area contributed by atoms with Crippen LogP contribution in [0.25, 0.3) is 5.57 Å². The summed E-state index contributed by atoms with van der Waals surface area (Å²) >= 11 is 0. The summed E-state index contributed by atoms with van der Waals surface area (Å²) in [6.07, 6.45) is 0.824. The first kappa shape index (κ1) is 11.0. The number of carboxylic acids is 1. The Kier molecular flexibility index (Phi) is 3.23. The number of aryl methyl sites for hydroxylation is 1. The summed E-state index contributed by atoms with van der Waals surface area (Å²) in [5, 5.41) is 8.60. The summed E-state index contributed by atoms with van der Waals surface area (Å²) in [7, 11) is 0. The molecule has 0 aliphatic carbocycles. The average molecular weight is 205 g/mol. The minimum Gasteiger partial charge on any atom is -0.478 e. The molecule has 0 radical (unpaired) electrons. The summed E-state index contributed by atoms with van der Waals surface area (Å²) in [6, 6.07) is 6.97. The monoisotopic (exact) mass is 205 g/mol. The lowest BCUT2D eigenvalue weighted by Crippen LogP contribution is -2.15. The van der Waals surface area contributed by atoms with Crippen LogP contribution in [0, 0.1) is 6.92 Å². The van der Waals surface area contributed by atoms with Gasteiger partial charge in [-0.15, -0.1) is 0 Å². The molecule has 0 spiro atoms. The summed E-state index contributed by atoms with van der Waals surface area (Å²) in [5.74, 6) is -1.93.